The van der Waals surface area contributed by atoms with Crippen molar-refractivity contribution in [2.45, 2.75) is 31.8 Å². The molecule has 0 saturated carbocycles. The minimum atomic E-state index is -0.0217. The molecule has 0 atom stereocenters. The van der Waals surface area contributed by atoms with Gasteiger partial charge in [0.2, 0.25) is 5.91 Å². The molecule has 3 rings (SSSR count). The molecule has 1 aliphatic heterocycles. The zero-order valence-corrected chi connectivity index (χ0v) is 17.8. The van der Waals surface area contributed by atoms with Crippen molar-refractivity contribution in [2.75, 3.05) is 33.2 Å². The van der Waals surface area contributed by atoms with Gasteiger partial charge in [-0.15, -0.1) is 0 Å². The van der Waals surface area contributed by atoms with Crippen LogP contribution in [0.3, 0.4) is 0 Å². The summed E-state index contributed by atoms with van der Waals surface area (Å²) in [5.41, 5.74) is 2.58. The first-order valence-corrected chi connectivity index (χ1v) is 10.8. The lowest BCUT2D eigenvalue weighted by Crippen LogP contribution is -2.50. The first-order valence-electron chi connectivity index (χ1n) is 10.8. The van der Waals surface area contributed by atoms with E-state index >= 15 is 0 Å². The maximum absolute atomic E-state index is 12.1. The Labute approximate surface area is 179 Å². The predicted octanol–water partition coefficient (Wildman–Crippen LogP) is 2.17. The van der Waals surface area contributed by atoms with Crippen molar-refractivity contribution >= 4 is 11.9 Å². The Morgan fingerprint density at radius 3 is 2.23 bits per heavy atom. The van der Waals surface area contributed by atoms with Gasteiger partial charge in [0.15, 0.2) is 5.96 Å². The molecule has 1 aliphatic rings. The number of hydrogen-bond acceptors (Lipinski definition) is 3. The number of likely N-dealkylation sites (tertiary alicyclic amines) is 1. The van der Waals surface area contributed by atoms with Gasteiger partial charge in [-0.3, -0.25) is 14.7 Å². The van der Waals surface area contributed by atoms with E-state index in [-0.39, 0.29) is 12.5 Å². The van der Waals surface area contributed by atoms with Crippen LogP contribution in [-0.4, -0.2) is 56.0 Å². The van der Waals surface area contributed by atoms with Crippen LogP contribution in [0.5, 0.6) is 0 Å². The lowest BCUT2D eigenvalue weighted by Gasteiger charge is -2.33. The molecule has 0 radical (unpaired) electrons. The van der Waals surface area contributed by atoms with Crippen molar-refractivity contribution in [3.63, 3.8) is 0 Å². The zero-order valence-electron chi connectivity index (χ0n) is 17.8. The SMILES string of the molecule is CN=C(NCC(=O)NCCc1ccccc1)NC1CCN(Cc2ccccc2)CC1. The quantitative estimate of drug-likeness (QED) is 0.463. The van der Waals surface area contributed by atoms with Gasteiger partial charge >= 0.3 is 0 Å². The van der Waals surface area contributed by atoms with Gasteiger partial charge in [-0.2, -0.15) is 0 Å². The summed E-state index contributed by atoms with van der Waals surface area (Å²) in [6, 6.07) is 21.2. The van der Waals surface area contributed by atoms with Crippen molar-refractivity contribution in [1.29, 1.82) is 0 Å². The predicted molar refractivity (Wildman–Crippen MR) is 122 cm³/mol. The van der Waals surface area contributed by atoms with Crippen molar-refractivity contribution in [1.82, 2.24) is 20.9 Å². The molecule has 0 unspecified atom stereocenters. The summed E-state index contributed by atoms with van der Waals surface area (Å²) >= 11 is 0. The summed E-state index contributed by atoms with van der Waals surface area (Å²) in [6.45, 7) is 3.98. The van der Waals surface area contributed by atoms with Gasteiger partial charge in [0.1, 0.15) is 0 Å². The van der Waals surface area contributed by atoms with E-state index in [0.29, 0.717) is 18.5 Å². The minimum absolute atomic E-state index is 0.0217. The number of nitrogens with zero attached hydrogens (tertiary/aromatic N) is 2. The number of piperidine rings is 1. The van der Waals surface area contributed by atoms with Crippen LogP contribution in [0, 0.1) is 0 Å². The number of aliphatic imine (C=N–C) groups is 1. The lowest BCUT2D eigenvalue weighted by atomic mass is 10.0. The van der Waals surface area contributed by atoms with Crippen molar-refractivity contribution < 1.29 is 4.79 Å². The van der Waals surface area contributed by atoms with Crippen molar-refractivity contribution in [2.24, 2.45) is 4.99 Å². The van der Waals surface area contributed by atoms with Crippen LogP contribution in [0.25, 0.3) is 0 Å². The summed E-state index contributed by atoms with van der Waals surface area (Å²) in [6.07, 6.45) is 2.97. The zero-order chi connectivity index (χ0) is 21.0. The number of carbonyl (C=O) groups is 1. The van der Waals surface area contributed by atoms with Crippen LogP contribution in [0.2, 0.25) is 0 Å². The van der Waals surface area contributed by atoms with Crippen molar-refractivity contribution in [3.8, 4) is 0 Å². The highest BCUT2D eigenvalue weighted by molar-refractivity contribution is 5.86. The molecule has 1 fully saturated rings. The Kier molecular flexibility index (Phi) is 8.72. The molecule has 0 aliphatic carbocycles. The molecule has 1 saturated heterocycles. The Balaban J connectivity index is 1.31. The normalized spacial score (nSPS) is 15.6. The molecule has 2 aromatic carbocycles. The third-order valence-electron chi connectivity index (χ3n) is 5.40. The molecule has 0 aromatic heterocycles. The van der Waals surface area contributed by atoms with E-state index in [4.69, 9.17) is 0 Å². The summed E-state index contributed by atoms with van der Waals surface area (Å²) in [7, 11) is 1.74. The molecule has 6 heteroatoms. The van der Waals surface area contributed by atoms with Crippen LogP contribution >= 0.6 is 0 Å². The minimum Gasteiger partial charge on any atom is -0.354 e. The van der Waals surface area contributed by atoms with Crippen LogP contribution in [0.15, 0.2) is 65.7 Å². The van der Waals surface area contributed by atoms with E-state index in [2.05, 4.69) is 68.3 Å². The van der Waals surface area contributed by atoms with Gasteiger partial charge in [0.05, 0.1) is 6.54 Å². The third-order valence-corrected chi connectivity index (χ3v) is 5.40. The second kappa shape index (κ2) is 12.0. The average molecular weight is 408 g/mol. The third kappa shape index (κ3) is 7.52. The smallest absolute Gasteiger partial charge is 0.239 e. The lowest BCUT2D eigenvalue weighted by molar-refractivity contribution is -0.119. The van der Waals surface area contributed by atoms with Crippen LogP contribution in [0.4, 0.5) is 0 Å². The maximum atomic E-state index is 12.1. The fraction of sp³-hybridized carbons (Fsp3) is 0.417. The first kappa shape index (κ1) is 21.8. The molecule has 2 aromatic rings. The Morgan fingerprint density at radius 1 is 0.967 bits per heavy atom. The number of nitrogens with one attached hydrogen (secondary N) is 3. The number of carbonyl (C=O) groups excluding carboxylic acids is 1. The molecule has 0 bridgehead atoms. The topological polar surface area (TPSA) is 68.8 Å². The van der Waals surface area contributed by atoms with Crippen molar-refractivity contribution in [3.05, 3.63) is 71.8 Å². The molecule has 1 amide bonds. The molecule has 3 N–H and O–H groups in total. The average Bonchev–Trinajstić information content (AvgIpc) is 2.79. The van der Waals surface area contributed by atoms with E-state index in [9.17, 15) is 4.79 Å². The summed E-state index contributed by atoms with van der Waals surface area (Å²) < 4.78 is 0. The Bertz CT molecular complexity index is 786. The van der Waals surface area contributed by atoms with E-state index in [1.54, 1.807) is 7.05 Å². The van der Waals surface area contributed by atoms with Crippen LogP contribution in [0.1, 0.15) is 24.0 Å². The summed E-state index contributed by atoms with van der Waals surface area (Å²) in [5, 5.41) is 9.54. The van der Waals surface area contributed by atoms with Crippen LogP contribution in [-0.2, 0) is 17.8 Å². The standard InChI is InChI=1S/C24H33N5O/c1-25-24(27-18-23(30)26-15-12-20-8-4-2-5-9-20)28-22-13-16-29(17-14-22)19-21-10-6-3-7-11-21/h2-11,22H,12-19H2,1H3,(H,26,30)(H2,25,27,28). The van der Waals surface area contributed by atoms with Gasteiger partial charge in [-0.05, 0) is 30.4 Å². The van der Waals surface area contributed by atoms with E-state index in [0.717, 1.165) is 38.9 Å². The second-order valence-corrected chi connectivity index (χ2v) is 7.69. The first-order chi connectivity index (χ1) is 14.7. The molecule has 30 heavy (non-hydrogen) atoms. The second-order valence-electron chi connectivity index (χ2n) is 7.69. The fourth-order valence-electron chi connectivity index (χ4n) is 3.68. The van der Waals surface area contributed by atoms with Gasteiger partial charge < -0.3 is 16.0 Å². The number of hydrogen-bond donors (Lipinski definition) is 3. The number of benzene rings is 2. The molecular formula is C24H33N5O. The highest BCUT2D eigenvalue weighted by Crippen LogP contribution is 2.13. The largest absolute Gasteiger partial charge is 0.354 e. The number of guanidine groups is 1. The van der Waals surface area contributed by atoms with Gasteiger partial charge in [0, 0.05) is 39.3 Å². The van der Waals surface area contributed by atoms with Crippen LogP contribution < -0.4 is 16.0 Å². The molecule has 6 nitrogen and oxygen atoms in total. The van der Waals surface area contributed by atoms with E-state index in [1.807, 2.05) is 18.2 Å². The molecule has 160 valence electrons. The number of amides is 1. The van der Waals surface area contributed by atoms with Gasteiger partial charge in [0.25, 0.3) is 0 Å². The van der Waals surface area contributed by atoms with Gasteiger partial charge in [-0.1, -0.05) is 60.7 Å². The Morgan fingerprint density at radius 2 is 1.60 bits per heavy atom. The summed E-state index contributed by atoms with van der Waals surface area (Å²) in [4.78, 5) is 18.9. The van der Waals surface area contributed by atoms with E-state index < -0.39 is 0 Å². The molecule has 1 heterocycles. The Hall–Kier alpha value is -2.86. The fourth-order valence-corrected chi connectivity index (χ4v) is 3.68. The monoisotopic (exact) mass is 407 g/mol. The highest BCUT2D eigenvalue weighted by atomic mass is 16.1. The molecular weight excluding hydrogens is 374 g/mol. The molecule has 0 spiro atoms. The maximum Gasteiger partial charge on any atom is 0.239 e. The highest BCUT2D eigenvalue weighted by Gasteiger charge is 2.20. The van der Waals surface area contributed by atoms with E-state index in [1.165, 1.54) is 11.1 Å². The van der Waals surface area contributed by atoms with Gasteiger partial charge in [-0.25, -0.2) is 0 Å². The number of rotatable bonds is 8. The summed E-state index contributed by atoms with van der Waals surface area (Å²) in [5.74, 6) is 0.668.